The highest BCUT2D eigenvalue weighted by Gasteiger charge is 2.14. The van der Waals surface area contributed by atoms with E-state index in [0.717, 1.165) is 31.2 Å². The van der Waals surface area contributed by atoms with Gasteiger partial charge in [-0.25, -0.2) is 4.99 Å². The van der Waals surface area contributed by atoms with Crippen LogP contribution in [0.25, 0.3) is 0 Å². The monoisotopic (exact) mass is 551 g/mol. The van der Waals surface area contributed by atoms with E-state index in [1.165, 1.54) is 24.1 Å². The molecule has 0 saturated carbocycles. The number of nitrogens with zero attached hydrogens (tertiary/aromatic N) is 2. The van der Waals surface area contributed by atoms with Crippen molar-refractivity contribution in [2.75, 3.05) is 31.1 Å². The first-order valence-corrected chi connectivity index (χ1v) is 10.9. The summed E-state index contributed by atoms with van der Waals surface area (Å²) in [4.78, 5) is 18.1. The summed E-state index contributed by atoms with van der Waals surface area (Å²) < 4.78 is 5.38. The summed E-state index contributed by atoms with van der Waals surface area (Å²) in [6, 6.07) is 16.4. The van der Waals surface area contributed by atoms with E-state index in [-0.39, 0.29) is 36.6 Å². The van der Waals surface area contributed by atoms with Crippen LogP contribution in [0.5, 0.6) is 5.75 Å². The van der Waals surface area contributed by atoms with Crippen LogP contribution in [0.2, 0.25) is 0 Å². The minimum absolute atomic E-state index is 0. The number of carbonyl (C=O) groups is 1. The zero-order valence-corrected chi connectivity index (χ0v) is 21.2. The van der Waals surface area contributed by atoms with Gasteiger partial charge in [0.2, 0.25) is 0 Å². The number of guanidine groups is 1. The molecule has 0 aliphatic carbocycles. The number of primary amides is 1. The second-order valence-electron chi connectivity index (χ2n) is 7.75. The van der Waals surface area contributed by atoms with E-state index in [4.69, 9.17) is 15.5 Å². The maximum absolute atomic E-state index is 10.9. The summed E-state index contributed by atoms with van der Waals surface area (Å²) in [5.74, 6) is 0.867. The lowest BCUT2D eigenvalue weighted by molar-refractivity contribution is -0.119. The van der Waals surface area contributed by atoms with Gasteiger partial charge in [-0.05, 0) is 62.1 Å². The Hall–Kier alpha value is -2.49. The lowest BCUT2D eigenvalue weighted by atomic mass is 10.1. The third-order valence-corrected chi connectivity index (χ3v) is 5.24. The fraction of sp³-hybridized carbons (Fsp3) is 0.417. The van der Waals surface area contributed by atoms with Gasteiger partial charge in [0.25, 0.3) is 5.91 Å². The summed E-state index contributed by atoms with van der Waals surface area (Å²) in [5.41, 5.74) is 8.66. The van der Waals surface area contributed by atoms with Gasteiger partial charge in [-0.1, -0.05) is 24.3 Å². The van der Waals surface area contributed by atoms with Gasteiger partial charge < -0.3 is 26.0 Å². The molecule has 0 aromatic heterocycles. The third-order valence-electron chi connectivity index (χ3n) is 5.24. The Labute approximate surface area is 207 Å². The predicted octanol–water partition coefficient (Wildman–Crippen LogP) is 3.59. The SMILES string of the molecule is CCNC(=NCc1cccc(OCC(N)=O)c1)NC(C)c1cccc(N2CCCC2)c1.I. The molecule has 1 aliphatic rings. The first-order valence-electron chi connectivity index (χ1n) is 10.9. The van der Waals surface area contributed by atoms with Gasteiger partial charge in [-0.3, -0.25) is 4.79 Å². The standard InChI is InChI=1S/C24H33N5O2.HI/c1-3-26-24(27-16-19-8-6-11-22(14-19)31-17-23(25)30)28-18(2)20-9-7-10-21(15-20)29-12-4-5-13-29;/h6-11,14-15,18H,3-5,12-13,16-17H2,1-2H3,(H2,25,30)(H2,26,27,28);1H. The van der Waals surface area contributed by atoms with E-state index in [2.05, 4.69) is 46.7 Å². The maximum atomic E-state index is 10.9. The number of benzene rings is 2. The molecule has 1 aliphatic heterocycles. The van der Waals surface area contributed by atoms with Crippen molar-refractivity contribution in [1.29, 1.82) is 0 Å². The molecular weight excluding hydrogens is 517 g/mol. The molecule has 2 aromatic carbocycles. The molecule has 7 nitrogen and oxygen atoms in total. The molecule has 2 aromatic rings. The Balaban J connectivity index is 0.00000363. The van der Waals surface area contributed by atoms with Crippen LogP contribution in [-0.2, 0) is 11.3 Å². The molecule has 1 amide bonds. The minimum Gasteiger partial charge on any atom is -0.484 e. The van der Waals surface area contributed by atoms with Gasteiger partial charge in [-0.15, -0.1) is 24.0 Å². The zero-order valence-electron chi connectivity index (χ0n) is 18.8. The lowest BCUT2D eigenvalue weighted by Crippen LogP contribution is -2.38. The molecule has 0 spiro atoms. The molecule has 0 bridgehead atoms. The van der Waals surface area contributed by atoms with E-state index in [0.29, 0.717) is 12.3 Å². The van der Waals surface area contributed by atoms with Crippen molar-refractivity contribution in [2.24, 2.45) is 10.7 Å². The van der Waals surface area contributed by atoms with Gasteiger partial charge in [0.1, 0.15) is 5.75 Å². The van der Waals surface area contributed by atoms with Crippen molar-refractivity contribution < 1.29 is 9.53 Å². The molecule has 0 radical (unpaired) electrons. The molecule has 1 atom stereocenters. The molecule has 1 fully saturated rings. The van der Waals surface area contributed by atoms with Crippen LogP contribution in [0, 0.1) is 0 Å². The highest BCUT2D eigenvalue weighted by atomic mass is 127. The van der Waals surface area contributed by atoms with Crippen LogP contribution < -0.4 is 26.0 Å². The summed E-state index contributed by atoms with van der Waals surface area (Å²) in [7, 11) is 0. The lowest BCUT2D eigenvalue weighted by Gasteiger charge is -2.22. The number of anilines is 1. The zero-order chi connectivity index (χ0) is 22.1. The number of nitrogens with two attached hydrogens (primary N) is 1. The van der Waals surface area contributed by atoms with Gasteiger partial charge in [0.15, 0.2) is 12.6 Å². The minimum atomic E-state index is -0.496. The van der Waals surface area contributed by atoms with E-state index in [9.17, 15) is 4.79 Å². The summed E-state index contributed by atoms with van der Waals surface area (Å²) in [6.07, 6.45) is 2.54. The second kappa shape index (κ2) is 13.1. The normalized spacial score (nSPS) is 14.4. The molecule has 4 N–H and O–H groups in total. The van der Waals surface area contributed by atoms with E-state index in [1.807, 2.05) is 25.1 Å². The number of nitrogens with one attached hydrogen (secondary N) is 2. The van der Waals surface area contributed by atoms with Crippen LogP contribution >= 0.6 is 24.0 Å². The number of carbonyl (C=O) groups excluding carboxylic acids is 1. The fourth-order valence-electron chi connectivity index (χ4n) is 3.63. The Morgan fingerprint density at radius 1 is 1.19 bits per heavy atom. The largest absolute Gasteiger partial charge is 0.484 e. The van der Waals surface area contributed by atoms with Crippen LogP contribution in [-0.4, -0.2) is 38.1 Å². The molecule has 3 rings (SSSR count). The quantitative estimate of drug-likeness (QED) is 0.252. The predicted molar refractivity (Wildman–Crippen MR) is 141 cm³/mol. The smallest absolute Gasteiger partial charge is 0.255 e. The van der Waals surface area contributed by atoms with Gasteiger partial charge >= 0.3 is 0 Å². The topological polar surface area (TPSA) is 92.0 Å². The fourth-order valence-corrected chi connectivity index (χ4v) is 3.63. The van der Waals surface area contributed by atoms with Gasteiger partial charge in [0.05, 0.1) is 12.6 Å². The number of hydrogen-bond donors (Lipinski definition) is 3. The number of hydrogen-bond acceptors (Lipinski definition) is 4. The number of rotatable bonds is 9. The van der Waals surface area contributed by atoms with Gasteiger partial charge in [-0.2, -0.15) is 0 Å². The van der Waals surface area contributed by atoms with Crippen molar-refractivity contribution >= 4 is 41.5 Å². The molecule has 32 heavy (non-hydrogen) atoms. The summed E-state index contributed by atoms with van der Waals surface area (Å²) in [5, 5.41) is 6.82. The second-order valence-corrected chi connectivity index (χ2v) is 7.75. The third kappa shape index (κ3) is 7.89. The number of halogens is 1. The molecule has 1 saturated heterocycles. The average molecular weight is 551 g/mol. The first-order chi connectivity index (χ1) is 15.0. The molecular formula is C24H34IN5O2. The number of aliphatic imine (C=N–C) groups is 1. The van der Waals surface area contributed by atoms with Crippen LogP contribution in [0.3, 0.4) is 0 Å². The van der Waals surface area contributed by atoms with Crippen molar-refractivity contribution in [3.63, 3.8) is 0 Å². The molecule has 8 heteroatoms. The molecule has 1 heterocycles. The Morgan fingerprint density at radius 2 is 1.94 bits per heavy atom. The maximum Gasteiger partial charge on any atom is 0.255 e. The molecule has 174 valence electrons. The summed E-state index contributed by atoms with van der Waals surface area (Å²) in [6.45, 7) is 7.60. The van der Waals surface area contributed by atoms with Crippen molar-refractivity contribution in [2.45, 2.75) is 39.3 Å². The van der Waals surface area contributed by atoms with E-state index in [1.54, 1.807) is 6.07 Å². The van der Waals surface area contributed by atoms with E-state index >= 15 is 0 Å². The van der Waals surface area contributed by atoms with Crippen molar-refractivity contribution in [3.05, 3.63) is 59.7 Å². The van der Waals surface area contributed by atoms with Crippen LogP contribution in [0.4, 0.5) is 5.69 Å². The Bertz CT molecular complexity index is 899. The molecule has 1 unspecified atom stereocenters. The Kier molecular flexibility index (Phi) is 10.6. The van der Waals surface area contributed by atoms with E-state index < -0.39 is 5.91 Å². The first kappa shape index (κ1) is 25.8. The number of ether oxygens (including phenoxy) is 1. The highest BCUT2D eigenvalue weighted by molar-refractivity contribution is 14.0. The average Bonchev–Trinajstić information content (AvgIpc) is 3.32. The van der Waals surface area contributed by atoms with Crippen molar-refractivity contribution in [3.8, 4) is 5.75 Å². The van der Waals surface area contributed by atoms with Crippen LogP contribution in [0.15, 0.2) is 53.5 Å². The summed E-state index contributed by atoms with van der Waals surface area (Å²) >= 11 is 0. The van der Waals surface area contributed by atoms with Crippen molar-refractivity contribution in [1.82, 2.24) is 10.6 Å². The van der Waals surface area contributed by atoms with Gasteiger partial charge in [0, 0.05) is 25.3 Å². The highest BCUT2D eigenvalue weighted by Crippen LogP contribution is 2.24. The van der Waals surface area contributed by atoms with Crippen LogP contribution in [0.1, 0.15) is 43.9 Å². The number of amides is 1. The Morgan fingerprint density at radius 3 is 2.66 bits per heavy atom.